The highest BCUT2D eigenvalue weighted by Gasteiger charge is 2.35. The number of hydrogen-bond acceptors (Lipinski definition) is 6. The molecule has 0 amide bonds. The molecule has 0 spiro atoms. The molecule has 0 aliphatic heterocycles. The van der Waals surface area contributed by atoms with Crippen LogP contribution in [0.1, 0.15) is 36.0 Å². The summed E-state index contributed by atoms with van der Waals surface area (Å²) in [6.45, 7) is 3.86. The molecule has 0 fully saturated rings. The molecule has 1 aromatic heterocycles. The van der Waals surface area contributed by atoms with Crippen molar-refractivity contribution >= 4 is 16.8 Å². The van der Waals surface area contributed by atoms with Crippen LogP contribution in [0.15, 0.2) is 42.5 Å². The Morgan fingerprint density at radius 2 is 1.83 bits per heavy atom. The third kappa shape index (κ3) is 3.59. The number of benzene rings is 2. The minimum atomic E-state index is -0.894. The number of aliphatic hydroxyl groups excluding tert-OH is 1. The summed E-state index contributed by atoms with van der Waals surface area (Å²) in [4.78, 5) is 15.3. The topological polar surface area (TPSA) is 76.8 Å². The Morgan fingerprint density at radius 1 is 1.14 bits per heavy atom. The van der Waals surface area contributed by atoms with Crippen molar-refractivity contribution in [3.63, 3.8) is 0 Å². The minimum Gasteiger partial charge on any atom is -0.497 e. The Kier molecular flexibility index (Phi) is 5.64. The van der Waals surface area contributed by atoms with Crippen LogP contribution < -0.4 is 9.47 Å². The van der Waals surface area contributed by atoms with Gasteiger partial charge in [-0.15, -0.1) is 0 Å². The van der Waals surface area contributed by atoms with Gasteiger partial charge in [-0.05, 0) is 46.1 Å². The lowest BCUT2D eigenvalue weighted by Gasteiger charge is -2.36. The first-order valence-electron chi connectivity index (χ1n) is 9.32. The van der Waals surface area contributed by atoms with Gasteiger partial charge in [-0.2, -0.15) is 9.78 Å². The maximum atomic E-state index is 13.3. The molecule has 0 bridgehead atoms. The normalized spacial score (nSPS) is 13.0. The lowest BCUT2D eigenvalue weighted by Crippen LogP contribution is -2.44. The first-order valence-corrected chi connectivity index (χ1v) is 9.32. The molecule has 0 radical (unpaired) electrons. The largest absolute Gasteiger partial charge is 0.497 e. The predicted octanol–water partition coefficient (Wildman–Crippen LogP) is 3.12. The highest BCUT2D eigenvalue weighted by Crippen LogP contribution is 2.34. The van der Waals surface area contributed by atoms with Crippen LogP contribution >= 0.6 is 0 Å². The monoisotopic (exact) mass is 397 g/mol. The fourth-order valence-corrected chi connectivity index (χ4v) is 3.12. The van der Waals surface area contributed by atoms with Gasteiger partial charge in [0, 0.05) is 17.0 Å². The third-order valence-corrected chi connectivity index (χ3v) is 5.53. The number of carbonyl (C=O) groups is 1. The highest BCUT2D eigenvalue weighted by molar-refractivity contribution is 6.03. The summed E-state index contributed by atoms with van der Waals surface area (Å²) in [5.41, 5.74) is 0.858. The van der Waals surface area contributed by atoms with E-state index in [0.717, 1.165) is 5.39 Å². The molecular formula is C22H27N3O4. The lowest BCUT2D eigenvalue weighted by molar-refractivity contribution is 0.0142. The molecule has 1 N–H and O–H groups in total. The third-order valence-electron chi connectivity index (χ3n) is 5.53. The fourth-order valence-electron chi connectivity index (χ4n) is 3.12. The molecule has 3 rings (SSSR count). The maximum Gasteiger partial charge on any atom is 0.282 e. The van der Waals surface area contributed by atoms with E-state index in [2.05, 4.69) is 5.10 Å². The van der Waals surface area contributed by atoms with Gasteiger partial charge in [0.25, 0.3) is 5.91 Å². The summed E-state index contributed by atoms with van der Waals surface area (Å²) in [5.74, 6) is 0.638. The van der Waals surface area contributed by atoms with Crippen molar-refractivity contribution in [2.75, 3.05) is 28.3 Å². The molecule has 7 heteroatoms. The number of para-hydroxylation sites is 1. The van der Waals surface area contributed by atoms with Crippen LogP contribution in [-0.2, 0) is 0 Å². The number of aromatic nitrogens is 2. The number of likely N-dealkylation sites (N-methyl/N-ethyl adjacent to an activating group) is 1. The summed E-state index contributed by atoms with van der Waals surface area (Å²) in [6.07, 6.45) is -0.894. The first kappa shape index (κ1) is 20.8. The summed E-state index contributed by atoms with van der Waals surface area (Å²) in [5, 5.41) is 16.3. The van der Waals surface area contributed by atoms with Crippen LogP contribution in [0, 0.1) is 0 Å². The quantitative estimate of drug-likeness (QED) is 0.689. The Bertz CT molecular complexity index is 1040. The van der Waals surface area contributed by atoms with Crippen LogP contribution in [0.5, 0.6) is 11.5 Å². The van der Waals surface area contributed by atoms with E-state index in [0.29, 0.717) is 28.3 Å². The molecule has 154 valence electrons. The summed E-state index contributed by atoms with van der Waals surface area (Å²) in [6, 6.07) is 12.4. The van der Waals surface area contributed by atoms with Gasteiger partial charge in [0.15, 0.2) is 0 Å². The molecule has 29 heavy (non-hydrogen) atoms. The molecular weight excluding hydrogens is 370 g/mol. The minimum absolute atomic E-state index is 0.346. The number of ether oxygens (including phenoxy) is 2. The number of carbonyl (C=O) groups excluding carboxylic acids is 1. The van der Waals surface area contributed by atoms with E-state index >= 15 is 0 Å². The van der Waals surface area contributed by atoms with E-state index in [4.69, 9.17) is 9.47 Å². The second kappa shape index (κ2) is 7.85. The number of rotatable bonds is 6. The Balaban J connectivity index is 2.16. The number of fused-ring (bicyclic) bond motifs is 1. The van der Waals surface area contributed by atoms with E-state index in [1.807, 2.05) is 57.1 Å². The van der Waals surface area contributed by atoms with Gasteiger partial charge >= 0.3 is 0 Å². The Labute approximate surface area is 170 Å². The van der Waals surface area contributed by atoms with Crippen molar-refractivity contribution in [2.45, 2.75) is 25.5 Å². The zero-order chi connectivity index (χ0) is 21.3. The second-order valence-corrected chi connectivity index (χ2v) is 7.64. The van der Waals surface area contributed by atoms with E-state index in [9.17, 15) is 9.90 Å². The van der Waals surface area contributed by atoms with Crippen molar-refractivity contribution in [3.8, 4) is 11.5 Å². The average Bonchev–Trinajstić information content (AvgIpc) is 3.11. The van der Waals surface area contributed by atoms with Crippen LogP contribution in [0.4, 0.5) is 0 Å². The van der Waals surface area contributed by atoms with Crippen LogP contribution in [0.2, 0.25) is 0 Å². The number of nitrogens with zero attached hydrogens (tertiary/aromatic N) is 3. The Hall–Kier alpha value is -2.90. The van der Waals surface area contributed by atoms with E-state index in [1.165, 1.54) is 11.8 Å². The van der Waals surface area contributed by atoms with Gasteiger partial charge in [0.05, 0.1) is 25.3 Å². The number of aliphatic hydroxyl groups is 1. The van der Waals surface area contributed by atoms with Gasteiger partial charge in [0.2, 0.25) is 0 Å². The van der Waals surface area contributed by atoms with Gasteiger partial charge in [-0.1, -0.05) is 18.2 Å². The molecule has 0 saturated carbocycles. The maximum absolute atomic E-state index is 13.3. The van der Waals surface area contributed by atoms with Crippen molar-refractivity contribution in [2.24, 2.45) is 0 Å². The van der Waals surface area contributed by atoms with Crippen molar-refractivity contribution < 1.29 is 19.4 Å². The number of methoxy groups -OCH3 is 2. The second-order valence-electron chi connectivity index (χ2n) is 7.64. The summed E-state index contributed by atoms with van der Waals surface area (Å²) < 4.78 is 11.9. The van der Waals surface area contributed by atoms with Gasteiger partial charge < -0.3 is 19.5 Å². The molecule has 1 atom stereocenters. The van der Waals surface area contributed by atoms with Gasteiger partial charge in [-0.3, -0.25) is 4.79 Å². The molecule has 2 aromatic carbocycles. The van der Waals surface area contributed by atoms with E-state index < -0.39 is 11.6 Å². The molecule has 0 aliphatic carbocycles. The van der Waals surface area contributed by atoms with Gasteiger partial charge in [-0.25, -0.2) is 0 Å². The first-order chi connectivity index (χ1) is 13.7. The molecule has 7 nitrogen and oxygen atoms in total. The predicted molar refractivity (Wildman–Crippen MR) is 112 cm³/mol. The van der Waals surface area contributed by atoms with Gasteiger partial charge in [0.1, 0.15) is 23.3 Å². The molecule has 0 saturated heterocycles. The smallest absolute Gasteiger partial charge is 0.282 e. The summed E-state index contributed by atoms with van der Waals surface area (Å²) in [7, 11) is 6.85. The van der Waals surface area contributed by atoms with E-state index in [-0.39, 0.29) is 5.91 Å². The van der Waals surface area contributed by atoms with Crippen LogP contribution in [-0.4, -0.2) is 59.5 Å². The van der Waals surface area contributed by atoms with Crippen LogP contribution in [0.25, 0.3) is 10.9 Å². The lowest BCUT2D eigenvalue weighted by atomic mass is 9.92. The Morgan fingerprint density at radius 3 is 2.45 bits per heavy atom. The number of hydrogen-bond donors (Lipinski definition) is 1. The fraction of sp³-hybridized carbons (Fsp3) is 0.364. The average molecular weight is 397 g/mol. The standard InChI is InChI=1S/C22H27N3O4/c1-22(2,24(3)4)20(26)19-15-9-7-8-10-17(15)25(23-19)21(27)16-12-11-14(28-5)13-18(16)29-6/h7-13,20,26H,1-6H3. The molecule has 3 aromatic rings. The van der Waals surface area contributed by atoms with Crippen molar-refractivity contribution in [1.29, 1.82) is 0 Å². The summed E-state index contributed by atoms with van der Waals surface area (Å²) >= 11 is 0. The zero-order valence-corrected chi connectivity index (χ0v) is 17.6. The SMILES string of the molecule is COc1ccc(C(=O)n2nc(C(O)C(C)(C)N(C)C)c3ccccc32)c(OC)c1. The molecule has 1 heterocycles. The zero-order valence-electron chi connectivity index (χ0n) is 17.6. The molecule has 0 aliphatic rings. The van der Waals surface area contributed by atoms with Crippen molar-refractivity contribution in [3.05, 3.63) is 53.7 Å². The highest BCUT2D eigenvalue weighted by atomic mass is 16.5. The van der Waals surface area contributed by atoms with E-state index in [1.54, 1.807) is 25.3 Å². The van der Waals surface area contributed by atoms with Crippen LogP contribution in [0.3, 0.4) is 0 Å². The van der Waals surface area contributed by atoms with Crippen molar-refractivity contribution in [1.82, 2.24) is 14.7 Å². The molecule has 1 unspecified atom stereocenters.